The van der Waals surface area contributed by atoms with Gasteiger partial charge in [0.2, 0.25) is 0 Å². The Morgan fingerprint density at radius 1 is 0.304 bits per heavy atom. The van der Waals surface area contributed by atoms with Crippen molar-refractivity contribution in [3.63, 3.8) is 0 Å². The van der Waals surface area contributed by atoms with Crippen molar-refractivity contribution in [2.75, 3.05) is 4.90 Å². The van der Waals surface area contributed by atoms with Crippen molar-refractivity contribution in [1.29, 1.82) is 0 Å². The van der Waals surface area contributed by atoms with Crippen LogP contribution < -0.4 is 4.90 Å². The van der Waals surface area contributed by atoms with Crippen molar-refractivity contribution in [2.45, 2.75) is 10.8 Å². The van der Waals surface area contributed by atoms with Crippen LogP contribution in [0.2, 0.25) is 0 Å². The molecule has 1 spiro atoms. The smallest absolute Gasteiger partial charge is 0.0771 e. The van der Waals surface area contributed by atoms with Crippen LogP contribution in [0, 0.1) is 0 Å². The minimum atomic E-state index is -0.537. The van der Waals surface area contributed by atoms with E-state index in [0.29, 0.717) is 0 Å². The molecule has 0 radical (unpaired) electrons. The number of rotatable bonds is 5. The average Bonchev–Trinajstić information content (AvgIpc) is 4.22. The quantitative estimate of drug-likeness (QED) is 0.156. The summed E-state index contributed by atoms with van der Waals surface area (Å²) in [6.45, 7) is 0. The molecule has 0 amide bonds. The van der Waals surface area contributed by atoms with E-state index in [-0.39, 0.29) is 0 Å². The highest BCUT2D eigenvalue weighted by Gasteiger charge is 2.55. The molecule has 15 rings (SSSR count). The van der Waals surface area contributed by atoms with Crippen LogP contribution in [-0.2, 0) is 10.8 Å². The fraction of sp³-hybridized carbons (Fsp3) is 0.0303. The number of nitrogens with zero attached hydrogens (tertiary/aromatic N) is 1. The highest BCUT2D eigenvalue weighted by molar-refractivity contribution is 7.21. The van der Waals surface area contributed by atoms with Crippen molar-refractivity contribution >= 4 is 61.3 Å². The van der Waals surface area contributed by atoms with Crippen LogP contribution in [0.3, 0.4) is 0 Å². The molecule has 3 heterocycles. The zero-order chi connectivity index (χ0) is 45.3. The van der Waals surface area contributed by atoms with Crippen molar-refractivity contribution in [3.05, 3.63) is 292 Å². The fourth-order valence-electron chi connectivity index (χ4n) is 12.8. The molecule has 2 aliphatic carbocycles. The molecule has 10 aromatic carbocycles. The molecule has 1 aliphatic heterocycles. The summed E-state index contributed by atoms with van der Waals surface area (Å²) in [6, 6.07) is 89.2. The van der Waals surface area contributed by atoms with Crippen LogP contribution in [0.1, 0.15) is 44.5 Å². The predicted molar refractivity (Wildman–Crippen MR) is 291 cm³/mol. The first-order valence-corrected chi connectivity index (χ1v) is 25.6. The topological polar surface area (TPSA) is 3.24 Å². The van der Waals surface area contributed by atoms with Crippen molar-refractivity contribution in [3.8, 4) is 43.1 Å². The van der Waals surface area contributed by atoms with Crippen LogP contribution >= 0.6 is 22.7 Å². The molecular formula is C66H41NS2. The van der Waals surface area contributed by atoms with Crippen LogP contribution in [0.15, 0.2) is 247 Å². The monoisotopic (exact) mass is 911 g/mol. The third-order valence-corrected chi connectivity index (χ3v) is 17.5. The van der Waals surface area contributed by atoms with E-state index >= 15 is 0 Å². The Kier molecular flexibility index (Phi) is 8.31. The molecule has 12 aromatic rings. The van der Waals surface area contributed by atoms with E-state index in [0.717, 1.165) is 5.69 Å². The highest BCUT2D eigenvalue weighted by atomic mass is 32.1. The number of hydrogen-bond acceptors (Lipinski definition) is 3. The molecule has 0 saturated carbocycles. The van der Waals surface area contributed by atoms with E-state index in [4.69, 9.17) is 0 Å². The van der Waals surface area contributed by atoms with Crippen molar-refractivity contribution in [1.82, 2.24) is 0 Å². The molecule has 2 aromatic heterocycles. The summed E-state index contributed by atoms with van der Waals surface area (Å²) < 4.78 is 0. The van der Waals surface area contributed by atoms with Gasteiger partial charge in [0.05, 0.1) is 22.2 Å². The lowest BCUT2D eigenvalue weighted by atomic mass is 9.62. The van der Waals surface area contributed by atoms with Gasteiger partial charge in [0.1, 0.15) is 0 Å². The van der Waals surface area contributed by atoms with Gasteiger partial charge in [-0.3, -0.25) is 0 Å². The molecule has 3 aliphatic rings. The molecule has 0 bridgehead atoms. The maximum Gasteiger partial charge on any atom is 0.0771 e. The van der Waals surface area contributed by atoms with Gasteiger partial charge in [-0.25, -0.2) is 0 Å². The fourth-order valence-corrected chi connectivity index (χ4v) is 14.9. The van der Waals surface area contributed by atoms with Crippen LogP contribution in [0.5, 0.6) is 0 Å². The molecule has 0 unspecified atom stereocenters. The Balaban J connectivity index is 0.980. The summed E-state index contributed by atoms with van der Waals surface area (Å²) >= 11 is 3.76. The van der Waals surface area contributed by atoms with Gasteiger partial charge in [-0.2, -0.15) is 0 Å². The SMILES string of the molecule is c1ccc(-c2cccc3c2ccc2cc(-c4cccc(N5c6ccccc6C6(c7cc8c(cc75)-c5ccccc5C8(c5ccccc5)c5ccccc5)c5ccsc5-c5sccc56)c4)ccc23)cc1. The van der Waals surface area contributed by atoms with E-state index in [2.05, 4.69) is 252 Å². The van der Waals surface area contributed by atoms with Gasteiger partial charge in [-0.1, -0.05) is 188 Å². The zero-order valence-corrected chi connectivity index (χ0v) is 39.1. The molecule has 69 heavy (non-hydrogen) atoms. The van der Waals surface area contributed by atoms with Crippen LogP contribution in [-0.4, -0.2) is 0 Å². The lowest BCUT2D eigenvalue weighted by Crippen LogP contribution is -2.37. The minimum Gasteiger partial charge on any atom is -0.310 e. The van der Waals surface area contributed by atoms with Gasteiger partial charge in [0.25, 0.3) is 0 Å². The van der Waals surface area contributed by atoms with Gasteiger partial charge in [0, 0.05) is 15.4 Å². The van der Waals surface area contributed by atoms with Crippen LogP contribution in [0.4, 0.5) is 17.1 Å². The first kappa shape index (κ1) is 39.0. The Hall–Kier alpha value is -8.08. The summed E-state index contributed by atoms with van der Waals surface area (Å²) in [5.41, 5.74) is 20.5. The van der Waals surface area contributed by atoms with E-state index < -0.39 is 10.8 Å². The molecule has 0 atom stereocenters. The van der Waals surface area contributed by atoms with Gasteiger partial charge in [0.15, 0.2) is 0 Å². The first-order valence-electron chi connectivity index (χ1n) is 23.8. The summed E-state index contributed by atoms with van der Waals surface area (Å²) in [4.78, 5) is 5.35. The van der Waals surface area contributed by atoms with E-state index in [1.165, 1.54) is 121 Å². The van der Waals surface area contributed by atoms with Gasteiger partial charge in [-0.05, 0) is 159 Å². The van der Waals surface area contributed by atoms with Gasteiger partial charge in [-0.15, -0.1) is 22.7 Å². The second-order valence-electron chi connectivity index (χ2n) is 18.7. The lowest BCUT2D eigenvalue weighted by Gasteiger charge is -2.45. The molecular weight excluding hydrogens is 871 g/mol. The maximum absolute atomic E-state index is 2.64. The Morgan fingerprint density at radius 3 is 1.67 bits per heavy atom. The number of para-hydroxylation sites is 1. The van der Waals surface area contributed by atoms with Gasteiger partial charge >= 0.3 is 0 Å². The van der Waals surface area contributed by atoms with E-state index in [1.807, 2.05) is 22.7 Å². The average molecular weight is 912 g/mol. The lowest BCUT2D eigenvalue weighted by molar-refractivity contribution is 0.735. The molecule has 0 N–H and O–H groups in total. The molecule has 3 heteroatoms. The third kappa shape index (κ3) is 5.24. The van der Waals surface area contributed by atoms with Crippen LogP contribution in [0.25, 0.3) is 64.7 Å². The van der Waals surface area contributed by atoms with Gasteiger partial charge < -0.3 is 4.90 Å². The zero-order valence-electron chi connectivity index (χ0n) is 37.4. The Morgan fingerprint density at radius 2 is 0.913 bits per heavy atom. The van der Waals surface area contributed by atoms with E-state index in [9.17, 15) is 0 Å². The second kappa shape index (κ2) is 14.7. The molecule has 0 saturated heterocycles. The Bertz CT molecular complexity index is 3950. The number of fused-ring (bicyclic) bond motifs is 15. The summed E-state index contributed by atoms with van der Waals surface area (Å²) in [7, 11) is 0. The second-order valence-corrected chi connectivity index (χ2v) is 20.5. The number of benzene rings is 10. The number of anilines is 3. The van der Waals surface area contributed by atoms with E-state index in [1.54, 1.807) is 0 Å². The number of hydrogen-bond donors (Lipinski definition) is 0. The number of thiophene rings is 2. The maximum atomic E-state index is 2.64. The standard InChI is InChI=1S/C66H41NS2/c1-4-16-42(17-5-1)49-25-15-26-51-50-32-30-44(38-45(50)31-33-52(49)51)43-18-14-23-48(39-43)67-61-29-13-12-28-56(61)66(57-34-36-68-63(57)64-58(66)35-37-69-64)60-41-59-54(40-62(60)67)53-24-10-11-27-55(53)65(59,46-19-6-2-7-20-46)47-21-8-3-9-22-47/h1-41H. The first-order chi connectivity index (χ1) is 34.2. The largest absolute Gasteiger partial charge is 0.310 e. The summed E-state index contributed by atoms with van der Waals surface area (Å²) in [5.74, 6) is 0. The molecule has 322 valence electrons. The molecule has 1 nitrogen and oxygen atoms in total. The van der Waals surface area contributed by atoms with Crippen molar-refractivity contribution in [2.24, 2.45) is 0 Å². The summed E-state index contributed by atoms with van der Waals surface area (Å²) in [5, 5.41) is 9.67. The van der Waals surface area contributed by atoms with Crippen molar-refractivity contribution < 1.29 is 0 Å². The molecule has 0 fully saturated rings. The normalized spacial score (nSPS) is 14.3. The minimum absolute atomic E-state index is 0.519. The third-order valence-electron chi connectivity index (χ3n) is 15.5. The highest BCUT2D eigenvalue weighted by Crippen LogP contribution is 2.68. The Labute approximate surface area is 409 Å². The predicted octanol–water partition coefficient (Wildman–Crippen LogP) is 18.0. The summed E-state index contributed by atoms with van der Waals surface area (Å²) in [6.07, 6.45) is 0.